The number of carbonyl (C=O) groups is 1. The lowest BCUT2D eigenvalue weighted by Gasteiger charge is -2.04. The van der Waals surface area contributed by atoms with Crippen molar-refractivity contribution in [3.63, 3.8) is 0 Å². The van der Waals surface area contributed by atoms with E-state index in [9.17, 15) is 4.79 Å². The number of carbonyl (C=O) groups excluding carboxylic acids is 1. The molecular formula is C11H11ClN5O. The third-order valence-corrected chi connectivity index (χ3v) is 2.50. The number of hydrogen-bond acceptors (Lipinski definition) is 4. The maximum absolute atomic E-state index is 11.5. The Morgan fingerprint density at radius 2 is 2.17 bits per heavy atom. The number of H-pyrrole nitrogens is 1. The molecular weight excluding hydrogens is 254 g/mol. The molecule has 0 aliphatic heterocycles. The fraction of sp³-hybridized carbons (Fsp3) is 0.182. The molecule has 0 saturated heterocycles. The molecule has 1 radical (unpaired) electrons. The van der Waals surface area contributed by atoms with Gasteiger partial charge in [-0.15, -0.1) is 5.10 Å². The molecule has 1 amide bonds. The Morgan fingerprint density at radius 1 is 1.39 bits per heavy atom. The highest BCUT2D eigenvalue weighted by molar-refractivity contribution is 6.30. The van der Waals surface area contributed by atoms with Gasteiger partial charge in [-0.2, -0.15) is 0 Å². The minimum Gasteiger partial charge on any atom is -0.352 e. The maximum atomic E-state index is 11.5. The van der Waals surface area contributed by atoms with E-state index in [1.807, 2.05) is 12.1 Å². The van der Waals surface area contributed by atoms with Crippen LogP contribution in [0.2, 0.25) is 5.02 Å². The number of tetrazole rings is 1. The van der Waals surface area contributed by atoms with Crippen LogP contribution < -0.4 is 5.32 Å². The number of aromatic amines is 1. The third-order valence-electron chi connectivity index (χ3n) is 2.25. The second kappa shape index (κ2) is 6.11. The van der Waals surface area contributed by atoms with Crippen LogP contribution in [0.5, 0.6) is 0 Å². The monoisotopic (exact) mass is 264 g/mol. The van der Waals surface area contributed by atoms with Gasteiger partial charge < -0.3 is 5.32 Å². The maximum Gasteiger partial charge on any atom is 0.221 e. The van der Waals surface area contributed by atoms with E-state index in [1.54, 1.807) is 18.6 Å². The first-order valence-electron chi connectivity index (χ1n) is 5.32. The van der Waals surface area contributed by atoms with Gasteiger partial charge in [-0.3, -0.25) is 4.79 Å². The minimum atomic E-state index is -0.0960. The second-order valence-corrected chi connectivity index (χ2v) is 4.03. The zero-order valence-corrected chi connectivity index (χ0v) is 10.2. The van der Waals surface area contributed by atoms with E-state index >= 15 is 0 Å². The number of aromatic nitrogens is 4. The number of hydrogen-bond donors (Lipinski definition) is 2. The molecule has 1 aromatic carbocycles. The fourth-order valence-electron chi connectivity index (χ4n) is 1.32. The molecule has 0 aliphatic carbocycles. The van der Waals surface area contributed by atoms with E-state index in [-0.39, 0.29) is 12.3 Å². The van der Waals surface area contributed by atoms with Crippen molar-refractivity contribution in [2.45, 2.75) is 13.0 Å². The van der Waals surface area contributed by atoms with E-state index < -0.39 is 0 Å². The molecule has 93 valence electrons. The van der Waals surface area contributed by atoms with Crippen molar-refractivity contribution >= 4 is 17.5 Å². The summed E-state index contributed by atoms with van der Waals surface area (Å²) in [6.07, 6.45) is 1.85. The summed E-state index contributed by atoms with van der Waals surface area (Å²) in [4.78, 5) is 11.5. The van der Waals surface area contributed by atoms with Crippen LogP contribution in [-0.2, 0) is 11.3 Å². The van der Waals surface area contributed by atoms with Crippen molar-refractivity contribution in [2.24, 2.45) is 0 Å². The summed E-state index contributed by atoms with van der Waals surface area (Å²) >= 11 is 5.77. The summed E-state index contributed by atoms with van der Waals surface area (Å²) in [5.74, 6) is 0.387. The van der Waals surface area contributed by atoms with E-state index in [2.05, 4.69) is 25.9 Å². The van der Waals surface area contributed by atoms with Crippen LogP contribution in [0.15, 0.2) is 24.3 Å². The highest BCUT2D eigenvalue weighted by Gasteiger charge is 2.04. The molecule has 0 aliphatic rings. The Bertz CT molecular complexity index is 497. The van der Waals surface area contributed by atoms with Gasteiger partial charge in [-0.25, -0.2) is 5.10 Å². The summed E-state index contributed by atoms with van der Waals surface area (Å²) in [6, 6.07) is 7.31. The van der Waals surface area contributed by atoms with Gasteiger partial charge in [0.1, 0.15) is 0 Å². The molecule has 2 N–H and O–H groups in total. The van der Waals surface area contributed by atoms with E-state index in [1.165, 1.54) is 0 Å². The molecule has 18 heavy (non-hydrogen) atoms. The van der Waals surface area contributed by atoms with Crippen LogP contribution >= 0.6 is 11.6 Å². The highest BCUT2D eigenvalue weighted by atomic mass is 35.5. The third kappa shape index (κ3) is 3.81. The zero-order valence-electron chi connectivity index (χ0n) is 9.43. The highest BCUT2D eigenvalue weighted by Crippen LogP contribution is 2.09. The smallest absolute Gasteiger partial charge is 0.221 e. The molecule has 2 rings (SSSR count). The van der Waals surface area contributed by atoms with Gasteiger partial charge in [0.05, 0.1) is 0 Å². The Labute approximate surface area is 109 Å². The Morgan fingerprint density at radius 3 is 2.83 bits per heavy atom. The van der Waals surface area contributed by atoms with Crippen LogP contribution in [0, 0.1) is 6.42 Å². The average molecular weight is 265 g/mol. The second-order valence-electron chi connectivity index (χ2n) is 3.60. The van der Waals surface area contributed by atoms with Crippen molar-refractivity contribution in [3.8, 4) is 0 Å². The fourth-order valence-corrected chi connectivity index (χ4v) is 1.44. The number of halogens is 1. The van der Waals surface area contributed by atoms with Crippen molar-refractivity contribution in [3.05, 3.63) is 47.1 Å². The van der Waals surface area contributed by atoms with Gasteiger partial charge in [0.2, 0.25) is 5.91 Å². The molecule has 0 spiro atoms. The SMILES string of the molecule is O=C(C[CH]c1nnn[nH]1)NCc1ccc(Cl)cc1. The molecule has 1 aromatic heterocycles. The molecule has 2 aromatic rings. The molecule has 0 unspecified atom stereocenters. The summed E-state index contributed by atoms with van der Waals surface area (Å²) in [7, 11) is 0. The summed E-state index contributed by atoms with van der Waals surface area (Å²) < 4.78 is 0. The van der Waals surface area contributed by atoms with Crippen LogP contribution in [0.3, 0.4) is 0 Å². The zero-order chi connectivity index (χ0) is 12.8. The summed E-state index contributed by atoms with van der Waals surface area (Å²) in [5.41, 5.74) is 0.995. The first-order valence-corrected chi connectivity index (χ1v) is 5.70. The Kier molecular flexibility index (Phi) is 4.25. The lowest BCUT2D eigenvalue weighted by Crippen LogP contribution is -2.22. The van der Waals surface area contributed by atoms with Gasteiger partial charge in [-0.1, -0.05) is 23.7 Å². The first kappa shape index (κ1) is 12.5. The van der Waals surface area contributed by atoms with Gasteiger partial charge >= 0.3 is 0 Å². The molecule has 7 heteroatoms. The topological polar surface area (TPSA) is 83.6 Å². The van der Waals surface area contributed by atoms with Crippen molar-refractivity contribution in [1.29, 1.82) is 0 Å². The lowest BCUT2D eigenvalue weighted by atomic mass is 10.2. The molecule has 0 saturated carbocycles. The molecule has 0 atom stereocenters. The minimum absolute atomic E-state index is 0.0960. The molecule has 0 bridgehead atoms. The average Bonchev–Trinajstić information content (AvgIpc) is 2.89. The van der Waals surface area contributed by atoms with E-state index in [0.717, 1.165) is 5.56 Å². The predicted molar refractivity (Wildman–Crippen MR) is 65.5 cm³/mol. The summed E-state index contributed by atoms with van der Waals surface area (Å²) in [5, 5.41) is 16.5. The quantitative estimate of drug-likeness (QED) is 0.847. The van der Waals surface area contributed by atoms with Crippen molar-refractivity contribution in [2.75, 3.05) is 0 Å². The predicted octanol–water partition coefficient (Wildman–Crippen LogP) is 1.11. The van der Waals surface area contributed by atoms with Crippen LogP contribution in [0.1, 0.15) is 17.8 Å². The first-order chi connectivity index (χ1) is 8.74. The number of rotatable bonds is 5. The normalized spacial score (nSPS) is 10.3. The van der Waals surface area contributed by atoms with Crippen LogP contribution in [0.25, 0.3) is 0 Å². The van der Waals surface area contributed by atoms with Gasteiger partial charge in [-0.05, 0) is 28.1 Å². The van der Waals surface area contributed by atoms with Gasteiger partial charge in [0, 0.05) is 24.4 Å². The van der Waals surface area contributed by atoms with Crippen molar-refractivity contribution < 1.29 is 4.79 Å². The van der Waals surface area contributed by atoms with Gasteiger partial charge in [0.15, 0.2) is 5.82 Å². The summed E-state index contributed by atoms with van der Waals surface area (Å²) in [6.45, 7) is 0.471. The number of benzene rings is 1. The Hall–Kier alpha value is -1.95. The van der Waals surface area contributed by atoms with E-state index in [4.69, 9.17) is 11.6 Å². The molecule has 0 fully saturated rings. The number of amides is 1. The van der Waals surface area contributed by atoms with E-state index in [0.29, 0.717) is 17.4 Å². The van der Waals surface area contributed by atoms with Crippen molar-refractivity contribution in [1.82, 2.24) is 25.9 Å². The standard InChI is InChI=1S/C11H11ClN5O/c12-9-3-1-8(2-4-9)7-13-11(18)6-5-10-14-16-17-15-10/h1-5H,6-7H2,(H,13,18)(H,14,15,16,17). The molecule has 1 heterocycles. The Balaban J connectivity index is 1.73. The largest absolute Gasteiger partial charge is 0.352 e. The lowest BCUT2D eigenvalue weighted by molar-refractivity contribution is -0.120. The van der Waals surface area contributed by atoms with Gasteiger partial charge in [0.25, 0.3) is 0 Å². The number of nitrogens with zero attached hydrogens (tertiary/aromatic N) is 3. The number of nitrogens with one attached hydrogen (secondary N) is 2. The van der Waals surface area contributed by atoms with Crippen LogP contribution in [0.4, 0.5) is 0 Å². The molecule has 6 nitrogen and oxygen atoms in total. The van der Waals surface area contributed by atoms with Crippen LogP contribution in [-0.4, -0.2) is 26.5 Å².